The van der Waals surface area contributed by atoms with Crippen molar-refractivity contribution < 1.29 is 4.79 Å². The van der Waals surface area contributed by atoms with Gasteiger partial charge in [0.1, 0.15) is 0 Å². The molecule has 0 bridgehead atoms. The molecule has 1 amide bonds. The van der Waals surface area contributed by atoms with Gasteiger partial charge in [-0.25, -0.2) is 4.98 Å². The molecule has 1 aromatic heterocycles. The average Bonchev–Trinajstić information content (AvgIpc) is 2.68. The Labute approximate surface area is 141 Å². The van der Waals surface area contributed by atoms with Crippen molar-refractivity contribution in [2.45, 2.75) is 6.42 Å². The van der Waals surface area contributed by atoms with E-state index in [-0.39, 0.29) is 5.91 Å². The first kappa shape index (κ1) is 14.6. The van der Waals surface area contributed by atoms with Crippen molar-refractivity contribution in [2.24, 2.45) is 0 Å². The first-order valence-electron chi connectivity index (χ1n) is 8.22. The third-order valence-electron chi connectivity index (χ3n) is 4.36. The van der Waals surface area contributed by atoms with Crippen LogP contribution in [0.15, 0.2) is 72.8 Å². The molecule has 3 heteroatoms. The summed E-state index contributed by atoms with van der Waals surface area (Å²) in [7, 11) is 0. The van der Waals surface area contributed by atoms with Crippen molar-refractivity contribution in [2.75, 3.05) is 13.1 Å². The highest BCUT2D eigenvalue weighted by atomic mass is 16.2. The van der Waals surface area contributed by atoms with E-state index in [0.29, 0.717) is 6.54 Å². The highest BCUT2D eigenvalue weighted by molar-refractivity contribution is 6.07. The molecule has 4 rings (SSSR count). The molecule has 3 aromatic rings. The maximum absolute atomic E-state index is 13.1. The molecule has 24 heavy (non-hydrogen) atoms. The number of hydrogen-bond donors (Lipinski definition) is 0. The van der Waals surface area contributed by atoms with Crippen LogP contribution in [0.3, 0.4) is 0 Å². The molecule has 0 radical (unpaired) electrons. The van der Waals surface area contributed by atoms with Crippen LogP contribution in [0.4, 0.5) is 0 Å². The lowest BCUT2D eigenvalue weighted by Crippen LogP contribution is -2.33. The fourth-order valence-corrected chi connectivity index (χ4v) is 3.11. The summed E-state index contributed by atoms with van der Waals surface area (Å²) in [5.74, 6) is 0.0788. The maximum Gasteiger partial charge on any atom is 0.254 e. The van der Waals surface area contributed by atoms with Crippen molar-refractivity contribution in [1.29, 1.82) is 0 Å². The summed E-state index contributed by atoms with van der Waals surface area (Å²) in [5, 5.41) is 0.914. The van der Waals surface area contributed by atoms with Gasteiger partial charge in [0.2, 0.25) is 0 Å². The predicted molar refractivity (Wildman–Crippen MR) is 96.8 cm³/mol. The van der Waals surface area contributed by atoms with Crippen LogP contribution in [-0.2, 0) is 0 Å². The van der Waals surface area contributed by atoms with Crippen LogP contribution in [0, 0.1) is 0 Å². The lowest BCUT2D eigenvalue weighted by molar-refractivity contribution is 0.0773. The van der Waals surface area contributed by atoms with E-state index in [9.17, 15) is 4.79 Å². The Bertz CT molecular complexity index is 916. The number of carbonyl (C=O) groups excluding carboxylic acids is 1. The lowest BCUT2D eigenvalue weighted by Gasteiger charge is -2.24. The van der Waals surface area contributed by atoms with E-state index in [0.717, 1.165) is 40.7 Å². The second-order valence-corrected chi connectivity index (χ2v) is 5.95. The summed E-state index contributed by atoms with van der Waals surface area (Å²) in [5.41, 5.74) is 3.45. The summed E-state index contributed by atoms with van der Waals surface area (Å²) in [6, 6.07) is 19.8. The molecule has 3 nitrogen and oxygen atoms in total. The smallest absolute Gasteiger partial charge is 0.254 e. The van der Waals surface area contributed by atoms with Gasteiger partial charge >= 0.3 is 0 Å². The summed E-state index contributed by atoms with van der Waals surface area (Å²) in [4.78, 5) is 19.7. The van der Waals surface area contributed by atoms with Gasteiger partial charge in [-0.2, -0.15) is 0 Å². The number of carbonyl (C=O) groups is 1. The van der Waals surface area contributed by atoms with Gasteiger partial charge in [0.05, 0.1) is 16.8 Å². The maximum atomic E-state index is 13.1. The summed E-state index contributed by atoms with van der Waals surface area (Å²) < 4.78 is 0. The van der Waals surface area contributed by atoms with Gasteiger partial charge in [-0.05, 0) is 18.6 Å². The van der Waals surface area contributed by atoms with Gasteiger partial charge in [-0.3, -0.25) is 4.79 Å². The van der Waals surface area contributed by atoms with Gasteiger partial charge in [-0.1, -0.05) is 60.7 Å². The molecule has 1 aliphatic heterocycles. The minimum atomic E-state index is 0.0788. The van der Waals surface area contributed by atoms with E-state index in [1.807, 2.05) is 65.6 Å². The zero-order chi connectivity index (χ0) is 16.4. The predicted octanol–water partition coefficient (Wildman–Crippen LogP) is 4.30. The fraction of sp³-hybridized carbons (Fsp3) is 0.143. The molecule has 0 spiro atoms. The molecule has 0 unspecified atom stereocenters. The molecule has 2 aromatic carbocycles. The molecule has 0 saturated carbocycles. The van der Waals surface area contributed by atoms with E-state index >= 15 is 0 Å². The number of para-hydroxylation sites is 1. The van der Waals surface area contributed by atoms with Crippen molar-refractivity contribution in [3.05, 3.63) is 78.4 Å². The molecule has 1 aliphatic rings. The fourth-order valence-electron chi connectivity index (χ4n) is 3.11. The van der Waals surface area contributed by atoms with Gasteiger partial charge in [0, 0.05) is 24.0 Å². The number of fused-ring (bicyclic) bond motifs is 1. The molecular formula is C21H18N2O. The van der Waals surface area contributed by atoms with Crippen LogP contribution in [0.25, 0.3) is 22.2 Å². The number of benzene rings is 2. The van der Waals surface area contributed by atoms with Crippen molar-refractivity contribution in [3.63, 3.8) is 0 Å². The zero-order valence-corrected chi connectivity index (χ0v) is 13.4. The number of nitrogens with zero attached hydrogens (tertiary/aromatic N) is 2. The Morgan fingerprint density at radius 3 is 2.54 bits per heavy atom. The molecule has 0 aliphatic carbocycles. The van der Waals surface area contributed by atoms with Crippen LogP contribution in [0.2, 0.25) is 0 Å². The molecule has 118 valence electrons. The Morgan fingerprint density at radius 2 is 1.75 bits per heavy atom. The second-order valence-electron chi connectivity index (χ2n) is 5.95. The molecule has 0 N–H and O–H groups in total. The molecular weight excluding hydrogens is 296 g/mol. The molecule has 0 atom stereocenters. The van der Waals surface area contributed by atoms with Gasteiger partial charge in [0.15, 0.2) is 0 Å². The summed E-state index contributed by atoms with van der Waals surface area (Å²) in [6.07, 6.45) is 5.10. The topological polar surface area (TPSA) is 33.2 Å². The van der Waals surface area contributed by atoms with E-state index in [2.05, 4.69) is 12.2 Å². The largest absolute Gasteiger partial charge is 0.335 e. The number of aromatic nitrogens is 1. The minimum Gasteiger partial charge on any atom is -0.335 e. The molecule has 0 saturated heterocycles. The number of pyridine rings is 1. The number of amides is 1. The van der Waals surface area contributed by atoms with E-state index in [1.54, 1.807) is 0 Å². The Kier molecular flexibility index (Phi) is 3.83. The Balaban J connectivity index is 1.86. The highest BCUT2D eigenvalue weighted by Gasteiger charge is 2.20. The zero-order valence-electron chi connectivity index (χ0n) is 13.4. The van der Waals surface area contributed by atoms with E-state index in [1.165, 1.54) is 0 Å². The van der Waals surface area contributed by atoms with Crippen LogP contribution >= 0.6 is 0 Å². The quantitative estimate of drug-likeness (QED) is 0.661. The SMILES string of the molecule is O=C(c1cc(-c2ccccc2)nc2ccccc12)N1CC=CCC1. The third kappa shape index (κ3) is 2.69. The Morgan fingerprint density at radius 1 is 0.958 bits per heavy atom. The minimum absolute atomic E-state index is 0.0788. The van der Waals surface area contributed by atoms with Crippen molar-refractivity contribution in [1.82, 2.24) is 9.88 Å². The van der Waals surface area contributed by atoms with Crippen LogP contribution in [0.1, 0.15) is 16.8 Å². The number of rotatable bonds is 2. The van der Waals surface area contributed by atoms with E-state index in [4.69, 9.17) is 4.98 Å². The van der Waals surface area contributed by atoms with Crippen LogP contribution < -0.4 is 0 Å². The van der Waals surface area contributed by atoms with Gasteiger partial charge in [0.25, 0.3) is 5.91 Å². The van der Waals surface area contributed by atoms with Crippen molar-refractivity contribution in [3.8, 4) is 11.3 Å². The average molecular weight is 314 g/mol. The molecule has 2 heterocycles. The van der Waals surface area contributed by atoms with E-state index < -0.39 is 0 Å². The third-order valence-corrected chi connectivity index (χ3v) is 4.36. The Hall–Kier alpha value is -2.94. The first-order chi connectivity index (χ1) is 11.8. The normalized spacial score (nSPS) is 14.1. The standard InChI is InChI=1S/C21H18N2O/c24-21(23-13-7-2-8-14-23)18-15-20(16-9-3-1-4-10-16)22-19-12-6-5-11-17(18)19/h1-7,9-12,15H,8,13-14H2. The van der Waals surface area contributed by atoms with Crippen LogP contribution in [-0.4, -0.2) is 28.9 Å². The van der Waals surface area contributed by atoms with Gasteiger partial charge in [-0.15, -0.1) is 0 Å². The first-order valence-corrected chi connectivity index (χ1v) is 8.22. The lowest BCUT2D eigenvalue weighted by atomic mass is 10.0. The monoisotopic (exact) mass is 314 g/mol. The second kappa shape index (κ2) is 6.28. The van der Waals surface area contributed by atoms with Crippen LogP contribution in [0.5, 0.6) is 0 Å². The summed E-state index contributed by atoms with van der Waals surface area (Å²) in [6.45, 7) is 1.45. The number of hydrogen-bond acceptors (Lipinski definition) is 2. The van der Waals surface area contributed by atoms with Gasteiger partial charge < -0.3 is 4.90 Å². The summed E-state index contributed by atoms with van der Waals surface area (Å²) >= 11 is 0. The molecule has 0 fully saturated rings. The van der Waals surface area contributed by atoms with Crippen molar-refractivity contribution >= 4 is 16.8 Å². The highest BCUT2D eigenvalue weighted by Crippen LogP contribution is 2.26.